The number of carboxylic acids is 2. The Morgan fingerprint density at radius 2 is 1.78 bits per heavy atom. The number of carbonyl (C=O) groups is 2. The van der Waals surface area contributed by atoms with E-state index in [9.17, 15) is 9.59 Å². The van der Waals surface area contributed by atoms with Crippen molar-refractivity contribution in [3.8, 4) is 0 Å². The van der Waals surface area contributed by atoms with Crippen LogP contribution in [0.2, 0.25) is 5.15 Å². The molecule has 1 aromatic rings. The zero-order chi connectivity index (χ0) is 16.8. The number of aromatic nitrogens is 2. The van der Waals surface area contributed by atoms with Gasteiger partial charge in [0.1, 0.15) is 5.15 Å². The first-order valence-corrected chi connectivity index (χ1v) is 7.67. The van der Waals surface area contributed by atoms with Crippen LogP contribution in [0.5, 0.6) is 0 Å². The van der Waals surface area contributed by atoms with Crippen LogP contribution in [-0.2, 0) is 9.59 Å². The van der Waals surface area contributed by atoms with Crippen molar-refractivity contribution in [3.05, 3.63) is 35.4 Å². The molecule has 1 atom stereocenters. The number of hydrogen-bond donors (Lipinski definition) is 2. The van der Waals surface area contributed by atoms with Crippen LogP contribution in [-0.4, -0.2) is 56.7 Å². The Balaban J connectivity index is 0.000000207. The fourth-order valence-corrected chi connectivity index (χ4v) is 3.13. The van der Waals surface area contributed by atoms with Crippen molar-refractivity contribution in [2.45, 2.75) is 18.8 Å². The Kier molecular flexibility index (Phi) is 6.06. The average Bonchev–Trinajstić information content (AvgIpc) is 2.54. The molecule has 124 valence electrons. The summed E-state index contributed by atoms with van der Waals surface area (Å²) in [7, 11) is 0. The van der Waals surface area contributed by atoms with Gasteiger partial charge in [0.2, 0.25) is 0 Å². The summed E-state index contributed by atoms with van der Waals surface area (Å²) in [6.07, 6.45) is 7.20. The molecule has 0 amide bonds. The van der Waals surface area contributed by atoms with Gasteiger partial charge in [0.15, 0.2) is 0 Å². The molecule has 7 nitrogen and oxygen atoms in total. The largest absolute Gasteiger partial charge is 0.478 e. The average molecular weight is 340 g/mol. The minimum absolute atomic E-state index is 0.518. The third-order valence-corrected chi connectivity index (χ3v) is 4.21. The van der Waals surface area contributed by atoms with E-state index in [1.165, 1.54) is 25.9 Å². The summed E-state index contributed by atoms with van der Waals surface area (Å²) < 4.78 is 0. The highest BCUT2D eigenvalue weighted by atomic mass is 35.5. The van der Waals surface area contributed by atoms with Crippen LogP contribution in [0, 0.1) is 5.92 Å². The van der Waals surface area contributed by atoms with E-state index in [4.69, 9.17) is 21.8 Å². The molecule has 0 aromatic carbocycles. The molecule has 0 radical (unpaired) electrons. The third kappa shape index (κ3) is 5.30. The van der Waals surface area contributed by atoms with Gasteiger partial charge in [-0.1, -0.05) is 11.6 Å². The lowest BCUT2D eigenvalue weighted by Crippen LogP contribution is -2.46. The maximum Gasteiger partial charge on any atom is 0.328 e. The summed E-state index contributed by atoms with van der Waals surface area (Å²) in [5, 5.41) is 16.1. The first kappa shape index (κ1) is 17.4. The lowest BCUT2D eigenvalue weighted by Gasteiger charge is -2.44. The van der Waals surface area contributed by atoms with Gasteiger partial charge in [-0.15, -0.1) is 0 Å². The van der Waals surface area contributed by atoms with Crippen molar-refractivity contribution in [3.63, 3.8) is 0 Å². The molecule has 2 N–H and O–H groups in total. The summed E-state index contributed by atoms with van der Waals surface area (Å²) in [6, 6.07) is 0. The second-order valence-corrected chi connectivity index (χ2v) is 5.91. The highest BCUT2D eigenvalue weighted by Crippen LogP contribution is 2.38. The Hall–Kier alpha value is -1.99. The maximum atomic E-state index is 9.55. The highest BCUT2D eigenvalue weighted by Gasteiger charge is 2.35. The van der Waals surface area contributed by atoms with Crippen LogP contribution < -0.4 is 0 Å². The van der Waals surface area contributed by atoms with Gasteiger partial charge in [-0.25, -0.2) is 14.6 Å². The molecule has 0 spiro atoms. The molecule has 0 saturated carbocycles. The predicted molar refractivity (Wildman–Crippen MR) is 83.4 cm³/mol. The van der Waals surface area contributed by atoms with E-state index < -0.39 is 11.9 Å². The topological polar surface area (TPSA) is 104 Å². The molecular weight excluding hydrogens is 322 g/mol. The number of halogens is 1. The van der Waals surface area contributed by atoms with Crippen molar-refractivity contribution in [2.75, 3.05) is 19.6 Å². The van der Waals surface area contributed by atoms with Crippen molar-refractivity contribution in [1.82, 2.24) is 14.9 Å². The van der Waals surface area contributed by atoms with Crippen molar-refractivity contribution >= 4 is 23.5 Å². The number of fused-ring (bicyclic) bond motifs is 3. The molecule has 3 fully saturated rings. The van der Waals surface area contributed by atoms with Gasteiger partial charge in [0.25, 0.3) is 0 Å². The van der Waals surface area contributed by atoms with E-state index in [0.29, 0.717) is 23.2 Å². The van der Waals surface area contributed by atoms with E-state index in [0.717, 1.165) is 18.2 Å². The fourth-order valence-electron chi connectivity index (χ4n) is 2.98. The Labute approximate surface area is 138 Å². The Morgan fingerprint density at radius 3 is 2.22 bits per heavy atom. The summed E-state index contributed by atoms with van der Waals surface area (Å²) >= 11 is 5.88. The summed E-state index contributed by atoms with van der Waals surface area (Å²) in [4.78, 5) is 30.2. The van der Waals surface area contributed by atoms with Gasteiger partial charge in [-0.2, -0.15) is 0 Å². The quantitative estimate of drug-likeness (QED) is 0.807. The summed E-state index contributed by atoms with van der Waals surface area (Å²) in [5.41, 5.74) is 1.08. The van der Waals surface area contributed by atoms with Crippen LogP contribution in [0.1, 0.15) is 24.5 Å². The van der Waals surface area contributed by atoms with Crippen molar-refractivity contribution < 1.29 is 19.8 Å². The number of piperidine rings is 3. The van der Waals surface area contributed by atoms with Crippen molar-refractivity contribution in [1.29, 1.82) is 0 Å². The maximum absolute atomic E-state index is 9.55. The lowest BCUT2D eigenvalue weighted by molar-refractivity contribution is -0.134. The van der Waals surface area contributed by atoms with Crippen LogP contribution >= 0.6 is 11.6 Å². The van der Waals surface area contributed by atoms with Gasteiger partial charge in [-0.05, 0) is 31.8 Å². The Morgan fingerprint density at radius 1 is 1.17 bits per heavy atom. The van der Waals surface area contributed by atoms with Gasteiger partial charge in [0.05, 0.1) is 11.9 Å². The molecule has 23 heavy (non-hydrogen) atoms. The van der Waals surface area contributed by atoms with E-state index in [-0.39, 0.29) is 0 Å². The number of hydrogen-bond acceptors (Lipinski definition) is 5. The molecule has 3 saturated heterocycles. The first-order valence-electron chi connectivity index (χ1n) is 7.29. The summed E-state index contributed by atoms with van der Waals surface area (Å²) in [5.74, 6) is -1.17. The molecule has 4 heterocycles. The standard InChI is InChI=1S/C11H14ClN3.C4H4O4/c12-11-6-13-5-10(14-11)9-7-15-3-1-8(9)2-4-15;5-3(6)1-2-4(7)8/h5-6,8-9H,1-4,7H2;1-2H,(H,5,6)(H,7,8)/b;2-1-. The molecule has 0 aliphatic carbocycles. The van der Waals surface area contributed by atoms with Crippen LogP contribution in [0.3, 0.4) is 0 Å². The minimum Gasteiger partial charge on any atom is -0.478 e. The molecule has 3 aliphatic heterocycles. The molecular formula is C15H18ClN3O4. The highest BCUT2D eigenvalue weighted by molar-refractivity contribution is 6.29. The zero-order valence-corrected chi connectivity index (χ0v) is 13.2. The van der Waals surface area contributed by atoms with Crippen LogP contribution in [0.15, 0.2) is 24.5 Å². The van der Waals surface area contributed by atoms with Gasteiger partial charge < -0.3 is 15.1 Å². The van der Waals surface area contributed by atoms with E-state index in [1.54, 1.807) is 6.20 Å². The van der Waals surface area contributed by atoms with Gasteiger partial charge in [0, 0.05) is 30.8 Å². The summed E-state index contributed by atoms with van der Waals surface area (Å²) in [6.45, 7) is 3.66. The number of nitrogens with zero attached hydrogens (tertiary/aromatic N) is 3. The first-order chi connectivity index (χ1) is 11.0. The van der Waals surface area contributed by atoms with E-state index >= 15 is 0 Å². The molecule has 4 rings (SSSR count). The second kappa shape index (κ2) is 8.03. The number of rotatable bonds is 3. The van der Waals surface area contributed by atoms with Crippen LogP contribution in [0.25, 0.3) is 0 Å². The van der Waals surface area contributed by atoms with Crippen molar-refractivity contribution in [2.24, 2.45) is 5.92 Å². The SMILES string of the molecule is Clc1cncc(C2CN3CCC2CC3)n1.O=C(O)/C=C\C(=O)O. The normalized spacial score (nSPS) is 25.7. The predicted octanol–water partition coefficient (Wildman–Crippen LogP) is 1.65. The number of aliphatic carboxylic acids is 2. The fraction of sp³-hybridized carbons (Fsp3) is 0.467. The van der Waals surface area contributed by atoms with Gasteiger partial charge >= 0.3 is 11.9 Å². The monoisotopic (exact) mass is 339 g/mol. The minimum atomic E-state index is -1.26. The van der Waals surface area contributed by atoms with Crippen LogP contribution in [0.4, 0.5) is 0 Å². The second-order valence-electron chi connectivity index (χ2n) is 5.52. The molecule has 1 aromatic heterocycles. The smallest absolute Gasteiger partial charge is 0.328 e. The lowest BCUT2D eigenvalue weighted by atomic mass is 9.77. The van der Waals surface area contributed by atoms with Gasteiger partial charge in [-0.3, -0.25) is 4.98 Å². The molecule has 8 heteroatoms. The molecule has 2 bridgehead atoms. The molecule has 3 aliphatic rings. The van der Waals surface area contributed by atoms with E-state index in [1.807, 2.05) is 6.20 Å². The zero-order valence-electron chi connectivity index (χ0n) is 12.4. The molecule has 1 unspecified atom stereocenters. The number of carboxylic acid groups (broad SMARTS) is 2. The Bertz CT molecular complexity index is 584. The van der Waals surface area contributed by atoms with E-state index in [2.05, 4.69) is 14.9 Å². The third-order valence-electron chi connectivity index (χ3n) is 4.03.